The van der Waals surface area contributed by atoms with Crippen LogP contribution < -0.4 is 0 Å². The number of carbonyl (C=O) groups excluding carboxylic acids is 2. The number of hydrogen-bond acceptors (Lipinski definition) is 7. The summed E-state index contributed by atoms with van der Waals surface area (Å²) in [6, 6.07) is 0. The molecule has 0 aromatic heterocycles. The Morgan fingerprint density at radius 1 is 1.03 bits per heavy atom. The van der Waals surface area contributed by atoms with Crippen LogP contribution in [0.5, 0.6) is 0 Å². The molecule has 0 spiro atoms. The van der Waals surface area contributed by atoms with Gasteiger partial charge in [0.2, 0.25) is 6.29 Å². The fourth-order valence-electron chi connectivity index (χ4n) is 5.70. The highest BCUT2D eigenvalue weighted by molar-refractivity contribution is 6.35. The van der Waals surface area contributed by atoms with Crippen molar-refractivity contribution in [2.24, 2.45) is 23.7 Å². The van der Waals surface area contributed by atoms with Crippen LogP contribution in [0.3, 0.4) is 0 Å². The summed E-state index contributed by atoms with van der Waals surface area (Å²) in [6.07, 6.45) is 13.5. The Morgan fingerprint density at radius 2 is 1.66 bits per heavy atom. The van der Waals surface area contributed by atoms with Gasteiger partial charge in [0, 0.05) is 4.90 Å². The first kappa shape index (κ1) is 32.4. The molecule has 2 rings (SSSR count). The lowest BCUT2D eigenvalue weighted by Gasteiger charge is -2.38. The topological polar surface area (TPSA) is 97.1 Å². The molecule has 2 fully saturated rings. The van der Waals surface area contributed by atoms with Crippen LogP contribution in [-0.4, -0.2) is 48.2 Å². The van der Waals surface area contributed by atoms with E-state index in [9.17, 15) is 14.8 Å². The van der Waals surface area contributed by atoms with Crippen molar-refractivity contribution in [2.75, 3.05) is 13.2 Å². The first-order valence-electron chi connectivity index (χ1n) is 15.3. The number of unbranched alkanes of at least 4 members (excludes halogenated alkanes) is 9. The third-order valence-corrected chi connectivity index (χ3v) is 7.97. The number of ether oxygens (including phenoxy) is 3. The Hall–Kier alpha value is -1.83. The van der Waals surface area contributed by atoms with E-state index in [1.165, 1.54) is 44.9 Å². The smallest absolute Gasteiger partial charge is 0.405 e. The van der Waals surface area contributed by atoms with Crippen molar-refractivity contribution in [3.63, 3.8) is 0 Å². The number of nitrogens with zero attached hydrogens (tertiary/aromatic N) is 1. The van der Waals surface area contributed by atoms with Crippen LogP contribution in [0.2, 0.25) is 0 Å². The monoisotopic (exact) mass is 539 g/mol. The van der Waals surface area contributed by atoms with Gasteiger partial charge in [0.15, 0.2) is 0 Å². The normalized spacial score (nSPS) is 26.3. The average Bonchev–Trinajstić information content (AvgIpc) is 3.21. The largest absolute Gasteiger partial charge is 0.458 e. The molecule has 0 N–H and O–H groups in total. The Kier molecular flexibility index (Phi) is 15.1. The molecule has 8 nitrogen and oxygen atoms in total. The van der Waals surface area contributed by atoms with Crippen molar-refractivity contribution < 1.29 is 33.5 Å². The number of rotatable bonds is 18. The second kappa shape index (κ2) is 17.7. The molecular formula is C30H53NO7. The summed E-state index contributed by atoms with van der Waals surface area (Å²) >= 11 is 0. The molecule has 0 amide bonds. The van der Waals surface area contributed by atoms with Crippen LogP contribution in [0.25, 0.3) is 0 Å². The van der Waals surface area contributed by atoms with Crippen LogP contribution in [0.1, 0.15) is 125 Å². The van der Waals surface area contributed by atoms with Gasteiger partial charge in [0.1, 0.15) is 5.92 Å². The Balaban J connectivity index is 1.96. The van der Waals surface area contributed by atoms with Gasteiger partial charge in [-0.1, -0.05) is 91.9 Å². The zero-order valence-electron chi connectivity index (χ0n) is 24.6. The predicted octanol–water partition coefficient (Wildman–Crippen LogP) is 6.72. The lowest BCUT2D eigenvalue weighted by molar-refractivity contribution is -0.742. The van der Waals surface area contributed by atoms with Crippen molar-refractivity contribution in [2.45, 2.75) is 137 Å². The van der Waals surface area contributed by atoms with E-state index < -0.39 is 24.1 Å². The van der Waals surface area contributed by atoms with Crippen molar-refractivity contribution in [1.82, 2.24) is 0 Å². The molecule has 0 bridgehead atoms. The van der Waals surface area contributed by atoms with E-state index in [4.69, 9.17) is 19.0 Å². The van der Waals surface area contributed by atoms with Crippen molar-refractivity contribution in [3.05, 3.63) is 5.21 Å². The van der Waals surface area contributed by atoms with Gasteiger partial charge in [-0.3, -0.25) is 10.0 Å². The maximum Gasteiger partial charge on any atom is 0.405 e. The zero-order valence-corrected chi connectivity index (χ0v) is 24.6. The molecule has 1 heterocycles. The van der Waals surface area contributed by atoms with E-state index in [1.54, 1.807) is 6.92 Å². The molecule has 8 heteroatoms. The molecule has 0 aromatic carbocycles. The van der Waals surface area contributed by atoms with Gasteiger partial charge in [-0.2, -0.15) is 0 Å². The van der Waals surface area contributed by atoms with Crippen molar-refractivity contribution in [1.29, 1.82) is 0 Å². The minimum Gasteiger partial charge on any atom is -0.458 e. The molecule has 1 aliphatic carbocycles. The Morgan fingerprint density at radius 3 is 2.26 bits per heavy atom. The fourth-order valence-corrected chi connectivity index (χ4v) is 5.70. The predicted molar refractivity (Wildman–Crippen MR) is 147 cm³/mol. The Labute approximate surface area is 230 Å². The Bertz CT molecular complexity index is 738. The summed E-state index contributed by atoms with van der Waals surface area (Å²) in [5.74, 6) is -0.906. The standard InChI is InChI=1S/C30H53NO7/c1-6-8-9-10-11-12-13-14-15-16-19-36-31(34)28(29(33)35-7-2)25-21-27(32)38-30(25)37-26-20-23(5)17-18-24(26)22(3)4/h22-26,30H,6-21H2,1-5H3/b31-28-/t23-,24+,25-,26-,30+/m0/s1. The molecule has 2 aliphatic rings. The van der Waals surface area contributed by atoms with Gasteiger partial charge in [0.25, 0.3) is 0 Å². The molecule has 38 heavy (non-hydrogen) atoms. The lowest BCUT2D eigenvalue weighted by atomic mass is 9.75. The van der Waals surface area contributed by atoms with Gasteiger partial charge in [0.05, 0.1) is 25.7 Å². The van der Waals surface area contributed by atoms with Gasteiger partial charge in [-0.15, -0.1) is 0 Å². The third-order valence-electron chi connectivity index (χ3n) is 7.97. The minimum atomic E-state index is -1.00. The van der Waals surface area contributed by atoms with Gasteiger partial charge < -0.3 is 19.0 Å². The molecule has 5 atom stereocenters. The maximum absolute atomic E-state index is 13.0. The summed E-state index contributed by atoms with van der Waals surface area (Å²) in [5.41, 5.74) is -0.250. The van der Waals surface area contributed by atoms with E-state index in [0.29, 0.717) is 17.8 Å². The van der Waals surface area contributed by atoms with Gasteiger partial charge in [-0.05, 0) is 43.9 Å². The molecule has 0 aromatic rings. The van der Waals surface area contributed by atoms with E-state index >= 15 is 0 Å². The highest BCUT2D eigenvalue weighted by Crippen LogP contribution is 2.38. The summed E-state index contributed by atoms with van der Waals surface area (Å²) in [6.45, 7) is 10.8. The first-order valence-corrected chi connectivity index (χ1v) is 15.3. The molecule has 1 aliphatic heterocycles. The minimum absolute atomic E-state index is 0.103. The number of carbonyl (C=O) groups is 2. The number of hydrogen-bond donors (Lipinski definition) is 0. The molecular weight excluding hydrogens is 486 g/mol. The molecule has 0 radical (unpaired) electrons. The van der Waals surface area contributed by atoms with Gasteiger partial charge >= 0.3 is 17.7 Å². The second-order valence-electron chi connectivity index (χ2n) is 11.5. The molecule has 0 unspecified atom stereocenters. The summed E-state index contributed by atoms with van der Waals surface area (Å²) in [4.78, 5) is 30.8. The number of cyclic esters (lactones) is 1. The van der Waals surface area contributed by atoms with Crippen LogP contribution in [-0.2, 0) is 28.6 Å². The molecule has 220 valence electrons. The van der Waals surface area contributed by atoms with Crippen LogP contribution in [0.15, 0.2) is 0 Å². The maximum atomic E-state index is 13.0. The zero-order chi connectivity index (χ0) is 27.9. The summed E-state index contributed by atoms with van der Waals surface area (Å²) in [7, 11) is 0. The summed E-state index contributed by atoms with van der Waals surface area (Å²) < 4.78 is 17.0. The van der Waals surface area contributed by atoms with E-state index in [0.717, 1.165) is 38.5 Å². The number of esters is 2. The SMILES string of the molecule is CCCCCCCCCCCCO/[N+]([O-])=C(\C(=O)OCC)[C@@H]1CC(=O)O[C@H]1O[C@H]1C[C@@H](C)CC[C@@H]1C(C)C. The van der Waals surface area contributed by atoms with Crippen LogP contribution >= 0.6 is 0 Å². The lowest BCUT2D eigenvalue weighted by Crippen LogP contribution is -2.43. The van der Waals surface area contributed by atoms with Crippen molar-refractivity contribution >= 4 is 17.7 Å². The molecule has 1 saturated heterocycles. The first-order chi connectivity index (χ1) is 18.3. The summed E-state index contributed by atoms with van der Waals surface area (Å²) in [5, 5.41) is 13.0. The molecule has 1 saturated carbocycles. The van der Waals surface area contributed by atoms with E-state index in [1.807, 2.05) is 0 Å². The van der Waals surface area contributed by atoms with Crippen LogP contribution in [0.4, 0.5) is 0 Å². The highest BCUT2D eigenvalue weighted by Gasteiger charge is 2.50. The second-order valence-corrected chi connectivity index (χ2v) is 11.5. The van der Waals surface area contributed by atoms with E-state index in [2.05, 4.69) is 27.7 Å². The van der Waals surface area contributed by atoms with Gasteiger partial charge in [-0.25, -0.2) is 4.79 Å². The van der Waals surface area contributed by atoms with Crippen molar-refractivity contribution in [3.8, 4) is 0 Å². The van der Waals surface area contributed by atoms with Crippen LogP contribution in [0, 0.1) is 28.9 Å². The average molecular weight is 540 g/mol. The highest BCUT2D eigenvalue weighted by atomic mass is 16.9. The third kappa shape index (κ3) is 10.7. The fraction of sp³-hybridized carbons (Fsp3) is 0.900. The van der Waals surface area contributed by atoms with E-state index in [-0.39, 0.29) is 36.4 Å². The quantitative estimate of drug-likeness (QED) is 0.0627.